The van der Waals surface area contributed by atoms with Crippen LogP contribution in [0.4, 0.5) is 0 Å². The van der Waals surface area contributed by atoms with Crippen LogP contribution in [0.2, 0.25) is 0 Å². The zero-order chi connectivity index (χ0) is 23.8. The predicted molar refractivity (Wildman–Crippen MR) is 135 cm³/mol. The molecule has 0 bridgehead atoms. The Bertz CT molecular complexity index is 1180. The molecule has 4 rings (SSSR count). The molecule has 0 aromatic heterocycles. The second-order valence-electron chi connectivity index (χ2n) is 8.70. The fourth-order valence-corrected chi connectivity index (χ4v) is 5.96. The second-order valence-corrected chi connectivity index (χ2v) is 10.8. The topological polar surface area (TPSA) is 75.7 Å². The molecule has 0 unspecified atom stereocenters. The van der Waals surface area contributed by atoms with Gasteiger partial charge in [0.15, 0.2) is 0 Å². The molecule has 1 N–H and O–H groups in total. The van der Waals surface area contributed by atoms with E-state index in [-0.39, 0.29) is 17.6 Å². The first-order valence-corrected chi connectivity index (χ1v) is 13.5. The van der Waals surface area contributed by atoms with E-state index < -0.39 is 10.0 Å². The average Bonchev–Trinajstić information content (AvgIpc) is 2.87. The zero-order valence-corrected chi connectivity index (χ0v) is 20.2. The van der Waals surface area contributed by atoms with Gasteiger partial charge in [-0.25, -0.2) is 12.7 Å². The molecule has 1 aliphatic rings. The van der Waals surface area contributed by atoms with Crippen LogP contribution < -0.4 is 10.1 Å². The number of carbonyl (C=O) groups is 1. The van der Waals surface area contributed by atoms with E-state index in [4.69, 9.17) is 4.74 Å². The zero-order valence-electron chi connectivity index (χ0n) is 19.4. The van der Waals surface area contributed by atoms with Crippen LogP contribution >= 0.6 is 0 Å². The first-order chi connectivity index (χ1) is 16.5. The molecule has 0 radical (unpaired) electrons. The molecule has 0 spiro atoms. The van der Waals surface area contributed by atoms with E-state index in [1.165, 1.54) is 0 Å². The van der Waals surface area contributed by atoms with E-state index in [9.17, 15) is 13.2 Å². The highest BCUT2D eigenvalue weighted by molar-refractivity contribution is 7.89. The van der Waals surface area contributed by atoms with Gasteiger partial charge in [-0.05, 0) is 42.7 Å². The van der Waals surface area contributed by atoms with Gasteiger partial charge in [-0.1, -0.05) is 66.7 Å². The normalized spacial score (nSPS) is 15.3. The van der Waals surface area contributed by atoms with E-state index >= 15 is 0 Å². The Morgan fingerprint density at radius 3 is 2.44 bits per heavy atom. The molecule has 1 fully saturated rings. The Morgan fingerprint density at radius 2 is 1.65 bits per heavy atom. The Labute approximate surface area is 202 Å². The fourth-order valence-electron chi connectivity index (χ4n) is 4.43. The number of piperidine rings is 1. The van der Waals surface area contributed by atoms with E-state index in [0.717, 1.165) is 28.5 Å². The van der Waals surface area contributed by atoms with Gasteiger partial charge in [-0.3, -0.25) is 4.79 Å². The Kier molecular flexibility index (Phi) is 8.19. The summed E-state index contributed by atoms with van der Waals surface area (Å²) in [6.07, 6.45) is 2.45. The molecule has 7 heteroatoms. The van der Waals surface area contributed by atoms with E-state index in [0.29, 0.717) is 45.5 Å². The standard InChI is InChI=1S/C27H32N2O4S/c30-27(28-17-20-33-26-14-6-12-23-11-4-5-13-25(23)26)24-15-18-29(19-16-24)34(31,32)21-7-10-22-8-2-1-3-9-22/h1-6,8-9,11-14,24H,7,10,15-21H2,(H,28,30). The van der Waals surface area contributed by atoms with Crippen LogP contribution in [0.3, 0.4) is 0 Å². The predicted octanol–water partition coefficient (Wildman–Crippen LogP) is 4.01. The highest BCUT2D eigenvalue weighted by atomic mass is 32.2. The smallest absolute Gasteiger partial charge is 0.223 e. The minimum Gasteiger partial charge on any atom is -0.491 e. The van der Waals surface area contributed by atoms with Gasteiger partial charge in [-0.2, -0.15) is 0 Å². The summed E-state index contributed by atoms with van der Waals surface area (Å²) in [6, 6.07) is 23.9. The molecule has 3 aromatic carbocycles. The van der Waals surface area contributed by atoms with E-state index in [1.807, 2.05) is 72.8 Å². The highest BCUT2D eigenvalue weighted by Gasteiger charge is 2.30. The quantitative estimate of drug-likeness (QED) is 0.445. The summed E-state index contributed by atoms with van der Waals surface area (Å²) in [5, 5.41) is 5.11. The molecule has 1 aliphatic heterocycles. The second kappa shape index (κ2) is 11.5. The van der Waals surface area contributed by atoms with Crippen molar-refractivity contribution >= 4 is 26.7 Å². The van der Waals surface area contributed by atoms with Crippen molar-refractivity contribution < 1.29 is 17.9 Å². The molecule has 180 valence electrons. The van der Waals surface area contributed by atoms with Crippen LogP contribution in [-0.4, -0.2) is 50.6 Å². The van der Waals surface area contributed by atoms with Crippen LogP contribution in [-0.2, 0) is 21.2 Å². The molecule has 0 atom stereocenters. The van der Waals surface area contributed by atoms with Crippen molar-refractivity contribution in [2.45, 2.75) is 25.7 Å². The lowest BCUT2D eigenvalue weighted by molar-refractivity contribution is -0.126. The maximum atomic E-state index is 12.7. The lowest BCUT2D eigenvalue weighted by atomic mass is 9.97. The van der Waals surface area contributed by atoms with Gasteiger partial charge in [0.1, 0.15) is 12.4 Å². The third kappa shape index (κ3) is 6.36. The third-order valence-corrected chi connectivity index (χ3v) is 8.29. The van der Waals surface area contributed by atoms with Gasteiger partial charge in [0, 0.05) is 24.4 Å². The summed E-state index contributed by atoms with van der Waals surface area (Å²) in [5.41, 5.74) is 1.15. The van der Waals surface area contributed by atoms with Crippen molar-refractivity contribution in [3.05, 3.63) is 78.4 Å². The van der Waals surface area contributed by atoms with Gasteiger partial charge in [0.05, 0.1) is 12.3 Å². The summed E-state index contributed by atoms with van der Waals surface area (Å²) in [4.78, 5) is 12.6. The number of amides is 1. The molecule has 6 nitrogen and oxygen atoms in total. The maximum absolute atomic E-state index is 12.7. The molecular weight excluding hydrogens is 448 g/mol. The number of sulfonamides is 1. The number of nitrogens with one attached hydrogen (secondary N) is 1. The number of aryl methyl sites for hydroxylation is 1. The number of fused-ring (bicyclic) bond motifs is 1. The molecule has 1 saturated heterocycles. The minimum absolute atomic E-state index is 0.0253. The monoisotopic (exact) mass is 480 g/mol. The molecule has 0 aliphatic carbocycles. The number of benzene rings is 3. The van der Waals surface area contributed by atoms with Crippen molar-refractivity contribution in [3.8, 4) is 5.75 Å². The van der Waals surface area contributed by atoms with Crippen LogP contribution in [0.1, 0.15) is 24.8 Å². The Morgan fingerprint density at radius 1 is 0.941 bits per heavy atom. The minimum atomic E-state index is -3.29. The van der Waals surface area contributed by atoms with Gasteiger partial charge in [0.25, 0.3) is 0 Å². The van der Waals surface area contributed by atoms with Crippen LogP contribution in [0.5, 0.6) is 5.75 Å². The Hall–Kier alpha value is -2.90. The summed E-state index contributed by atoms with van der Waals surface area (Å²) < 4.78 is 32.8. The number of ether oxygens (including phenoxy) is 1. The molecule has 1 heterocycles. The number of rotatable bonds is 10. The van der Waals surface area contributed by atoms with Gasteiger partial charge in [-0.15, -0.1) is 0 Å². The van der Waals surface area contributed by atoms with Gasteiger partial charge < -0.3 is 10.1 Å². The molecule has 1 amide bonds. The largest absolute Gasteiger partial charge is 0.491 e. The first kappa shape index (κ1) is 24.2. The molecule has 0 saturated carbocycles. The molecular formula is C27H32N2O4S. The lowest BCUT2D eigenvalue weighted by Crippen LogP contribution is -2.44. The van der Waals surface area contributed by atoms with Crippen molar-refractivity contribution in [1.29, 1.82) is 0 Å². The summed E-state index contributed by atoms with van der Waals surface area (Å²) >= 11 is 0. The van der Waals surface area contributed by atoms with Crippen LogP contribution in [0.25, 0.3) is 10.8 Å². The number of hydrogen-bond acceptors (Lipinski definition) is 4. The SMILES string of the molecule is O=C(NCCOc1cccc2ccccc12)C1CCN(S(=O)(=O)CCCc2ccccc2)CC1. The highest BCUT2D eigenvalue weighted by Crippen LogP contribution is 2.25. The van der Waals surface area contributed by atoms with Crippen LogP contribution in [0, 0.1) is 5.92 Å². The maximum Gasteiger partial charge on any atom is 0.223 e. The van der Waals surface area contributed by atoms with Crippen molar-refractivity contribution in [2.24, 2.45) is 5.92 Å². The lowest BCUT2D eigenvalue weighted by Gasteiger charge is -2.30. The fraction of sp³-hybridized carbons (Fsp3) is 0.370. The van der Waals surface area contributed by atoms with Crippen molar-refractivity contribution in [3.63, 3.8) is 0 Å². The van der Waals surface area contributed by atoms with E-state index in [2.05, 4.69) is 5.32 Å². The number of hydrogen-bond donors (Lipinski definition) is 1. The molecule has 34 heavy (non-hydrogen) atoms. The number of nitrogens with zero attached hydrogens (tertiary/aromatic N) is 1. The first-order valence-electron chi connectivity index (χ1n) is 11.9. The van der Waals surface area contributed by atoms with E-state index in [1.54, 1.807) is 4.31 Å². The summed E-state index contributed by atoms with van der Waals surface area (Å²) in [6.45, 7) is 1.60. The average molecular weight is 481 g/mol. The van der Waals surface area contributed by atoms with Crippen LogP contribution in [0.15, 0.2) is 72.8 Å². The molecule has 3 aromatic rings. The third-order valence-electron chi connectivity index (χ3n) is 6.34. The number of carbonyl (C=O) groups excluding carboxylic acids is 1. The van der Waals surface area contributed by atoms with Gasteiger partial charge >= 0.3 is 0 Å². The van der Waals surface area contributed by atoms with Crippen molar-refractivity contribution in [2.75, 3.05) is 32.0 Å². The summed E-state index contributed by atoms with van der Waals surface area (Å²) in [7, 11) is -3.29. The Balaban J connectivity index is 1.17. The summed E-state index contributed by atoms with van der Waals surface area (Å²) in [5.74, 6) is 0.763. The van der Waals surface area contributed by atoms with Gasteiger partial charge in [0.2, 0.25) is 15.9 Å². The van der Waals surface area contributed by atoms with Crippen molar-refractivity contribution in [1.82, 2.24) is 9.62 Å².